The van der Waals surface area contributed by atoms with Gasteiger partial charge in [0, 0.05) is 18.6 Å². The summed E-state index contributed by atoms with van der Waals surface area (Å²) in [5.41, 5.74) is 5.36. The monoisotopic (exact) mass is 316 g/mol. The first-order valence-electron chi connectivity index (χ1n) is 8.91. The third-order valence-electron chi connectivity index (χ3n) is 4.50. The molecule has 0 atom stereocenters. The number of unbranched alkanes of at least 4 members (excludes halogenated alkanes) is 2. The van der Waals surface area contributed by atoms with Crippen molar-refractivity contribution in [1.82, 2.24) is 0 Å². The molecule has 0 saturated carbocycles. The normalized spacial score (nSPS) is 10.7. The minimum Gasteiger partial charge on any atom is -0.205 e. The molecule has 122 valence electrons. The molecule has 1 aromatic heterocycles. The Hall–Kier alpha value is -2.41. The summed E-state index contributed by atoms with van der Waals surface area (Å²) in [6.07, 6.45) is 9.32. The number of nitrogens with zero attached hydrogens (tertiary/aromatic N) is 1. The standard InChI is InChI=1S/C23H26N/c1-20-15-18-24(19-16-20)17-7-3-4-8-21-11-13-23(14-12-21)22-9-5-2-6-10-22/h2,5-6,9-16,18-19H,3-4,7-8,17H2,1H3/q+1. The first-order chi connectivity index (χ1) is 11.8. The fourth-order valence-electron chi connectivity index (χ4n) is 2.98. The van der Waals surface area contributed by atoms with Crippen LogP contribution >= 0.6 is 0 Å². The van der Waals surface area contributed by atoms with Gasteiger partial charge in [-0.25, -0.2) is 4.57 Å². The molecule has 0 saturated heterocycles. The van der Waals surface area contributed by atoms with Gasteiger partial charge in [-0.1, -0.05) is 54.6 Å². The summed E-state index contributed by atoms with van der Waals surface area (Å²) in [6.45, 7) is 3.25. The third kappa shape index (κ3) is 4.79. The van der Waals surface area contributed by atoms with Gasteiger partial charge in [-0.15, -0.1) is 0 Å². The molecular weight excluding hydrogens is 290 g/mol. The van der Waals surface area contributed by atoms with Crippen molar-refractivity contribution in [3.05, 3.63) is 90.3 Å². The Balaban J connectivity index is 1.41. The Bertz CT molecular complexity index is 727. The van der Waals surface area contributed by atoms with Crippen LogP contribution in [-0.4, -0.2) is 0 Å². The number of rotatable bonds is 7. The molecule has 2 aromatic carbocycles. The van der Waals surface area contributed by atoms with E-state index in [1.165, 1.54) is 47.9 Å². The van der Waals surface area contributed by atoms with Gasteiger partial charge >= 0.3 is 0 Å². The van der Waals surface area contributed by atoms with Crippen LogP contribution in [-0.2, 0) is 13.0 Å². The Kier molecular flexibility index (Phi) is 5.79. The van der Waals surface area contributed by atoms with E-state index in [-0.39, 0.29) is 0 Å². The zero-order valence-corrected chi connectivity index (χ0v) is 14.5. The molecule has 0 fully saturated rings. The van der Waals surface area contributed by atoms with E-state index >= 15 is 0 Å². The molecule has 0 unspecified atom stereocenters. The van der Waals surface area contributed by atoms with E-state index in [0.717, 1.165) is 6.54 Å². The first-order valence-corrected chi connectivity index (χ1v) is 8.91. The summed E-state index contributed by atoms with van der Waals surface area (Å²) in [5.74, 6) is 0. The van der Waals surface area contributed by atoms with Crippen LogP contribution in [0.5, 0.6) is 0 Å². The maximum absolute atomic E-state index is 2.28. The molecular formula is C23H26N+. The number of hydrogen-bond acceptors (Lipinski definition) is 0. The van der Waals surface area contributed by atoms with Crippen molar-refractivity contribution in [2.75, 3.05) is 0 Å². The van der Waals surface area contributed by atoms with Gasteiger partial charge in [0.25, 0.3) is 0 Å². The molecule has 0 spiro atoms. The molecule has 0 amide bonds. The highest BCUT2D eigenvalue weighted by atomic mass is 14.9. The molecule has 1 nitrogen and oxygen atoms in total. The van der Waals surface area contributed by atoms with Crippen LogP contribution in [0.25, 0.3) is 11.1 Å². The van der Waals surface area contributed by atoms with Crippen molar-refractivity contribution in [3.8, 4) is 11.1 Å². The van der Waals surface area contributed by atoms with E-state index in [0.29, 0.717) is 0 Å². The topological polar surface area (TPSA) is 3.88 Å². The van der Waals surface area contributed by atoms with Crippen LogP contribution in [0, 0.1) is 6.92 Å². The van der Waals surface area contributed by atoms with E-state index in [4.69, 9.17) is 0 Å². The summed E-state index contributed by atoms with van der Waals surface area (Å²) < 4.78 is 2.28. The Morgan fingerprint density at radius 2 is 1.33 bits per heavy atom. The van der Waals surface area contributed by atoms with Gasteiger partial charge in [-0.05, 0) is 48.4 Å². The average Bonchev–Trinajstić information content (AvgIpc) is 2.64. The molecule has 0 bridgehead atoms. The quantitative estimate of drug-likeness (QED) is 0.408. The van der Waals surface area contributed by atoms with Crippen LogP contribution in [0.1, 0.15) is 30.4 Å². The van der Waals surface area contributed by atoms with E-state index in [9.17, 15) is 0 Å². The molecule has 0 aliphatic carbocycles. The van der Waals surface area contributed by atoms with E-state index in [2.05, 4.69) is 90.6 Å². The molecule has 0 aliphatic rings. The highest BCUT2D eigenvalue weighted by molar-refractivity contribution is 5.63. The van der Waals surface area contributed by atoms with Crippen LogP contribution in [0.4, 0.5) is 0 Å². The summed E-state index contributed by atoms with van der Waals surface area (Å²) in [7, 11) is 0. The molecule has 1 heterocycles. The molecule has 0 aliphatic heterocycles. The summed E-state index contributed by atoms with van der Waals surface area (Å²) in [4.78, 5) is 0. The zero-order chi connectivity index (χ0) is 16.6. The van der Waals surface area contributed by atoms with Gasteiger partial charge in [0.2, 0.25) is 0 Å². The first kappa shape index (κ1) is 16.4. The van der Waals surface area contributed by atoms with E-state index in [1.54, 1.807) is 0 Å². The molecule has 3 aromatic rings. The van der Waals surface area contributed by atoms with Gasteiger partial charge < -0.3 is 0 Å². The molecule has 1 heteroatoms. The number of hydrogen-bond donors (Lipinski definition) is 0. The highest BCUT2D eigenvalue weighted by Gasteiger charge is 2.01. The lowest BCUT2D eigenvalue weighted by Gasteiger charge is -2.04. The highest BCUT2D eigenvalue weighted by Crippen LogP contribution is 2.19. The van der Waals surface area contributed by atoms with Crippen molar-refractivity contribution in [3.63, 3.8) is 0 Å². The van der Waals surface area contributed by atoms with Crippen molar-refractivity contribution < 1.29 is 4.57 Å². The summed E-state index contributed by atoms with van der Waals surface area (Å²) in [6, 6.07) is 24.0. The fraction of sp³-hybridized carbons (Fsp3) is 0.261. The van der Waals surface area contributed by atoms with Crippen molar-refractivity contribution in [2.45, 2.75) is 39.2 Å². The maximum atomic E-state index is 2.28. The number of pyridine rings is 1. The summed E-state index contributed by atoms with van der Waals surface area (Å²) >= 11 is 0. The van der Waals surface area contributed by atoms with Gasteiger partial charge in [-0.3, -0.25) is 0 Å². The molecule has 24 heavy (non-hydrogen) atoms. The van der Waals surface area contributed by atoms with Gasteiger partial charge in [0.05, 0.1) is 0 Å². The fourth-order valence-corrected chi connectivity index (χ4v) is 2.98. The van der Waals surface area contributed by atoms with Crippen molar-refractivity contribution in [2.24, 2.45) is 0 Å². The van der Waals surface area contributed by atoms with E-state index in [1.807, 2.05) is 0 Å². The lowest BCUT2D eigenvalue weighted by molar-refractivity contribution is -0.697. The maximum Gasteiger partial charge on any atom is 0.169 e. The number of aryl methyl sites for hydroxylation is 3. The predicted molar refractivity (Wildman–Crippen MR) is 101 cm³/mol. The van der Waals surface area contributed by atoms with Gasteiger partial charge in [0.1, 0.15) is 6.54 Å². The third-order valence-corrected chi connectivity index (χ3v) is 4.50. The van der Waals surface area contributed by atoms with Crippen LogP contribution in [0.3, 0.4) is 0 Å². The minimum atomic E-state index is 1.12. The predicted octanol–water partition coefficient (Wildman–Crippen LogP) is 5.36. The Labute approximate surface area is 145 Å². The van der Waals surface area contributed by atoms with Crippen LogP contribution < -0.4 is 4.57 Å². The second-order valence-electron chi connectivity index (χ2n) is 6.49. The average molecular weight is 316 g/mol. The van der Waals surface area contributed by atoms with Gasteiger partial charge in [0.15, 0.2) is 12.4 Å². The zero-order valence-electron chi connectivity index (χ0n) is 14.5. The van der Waals surface area contributed by atoms with Crippen LogP contribution in [0.15, 0.2) is 79.1 Å². The number of benzene rings is 2. The smallest absolute Gasteiger partial charge is 0.169 e. The molecule has 0 radical (unpaired) electrons. The van der Waals surface area contributed by atoms with E-state index < -0.39 is 0 Å². The minimum absolute atomic E-state index is 1.12. The second kappa shape index (κ2) is 8.44. The van der Waals surface area contributed by atoms with Crippen LogP contribution in [0.2, 0.25) is 0 Å². The van der Waals surface area contributed by atoms with Gasteiger partial charge in [-0.2, -0.15) is 0 Å². The number of aromatic nitrogens is 1. The largest absolute Gasteiger partial charge is 0.205 e. The second-order valence-corrected chi connectivity index (χ2v) is 6.49. The molecule has 3 rings (SSSR count). The Morgan fingerprint density at radius 1 is 0.667 bits per heavy atom. The SMILES string of the molecule is Cc1cc[n+](CCCCCc2ccc(-c3ccccc3)cc2)cc1. The molecule has 0 N–H and O–H groups in total. The lowest BCUT2D eigenvalue weighted by Crippen LogP contribution is -2.32. The lowest BCUT2D eigenvalue weighted by atomic mass is 10.0. The summed E-state index contributed by atoms with van der Waals surface area (Å²) in [5, 5.41) is 0. The van der Waals surface area contributed by atoms with Crippen molar-refractivity contribution in [1.29, 1.82) is 0 Å². The van der Waals surface area contributed by atoms with Crippen molar-refractivity contribution >= 4 is 0 Å². The Morgan fingerprint density at radius 3 is 2.04 bits per heavy atom.